The largest absolute Gasteiger partial charge is 0.416 e. The second-order valence-corrected chi connectivity index (χ2v) is 7.70. The number of aliphatic hydroxyl groups excluding tert-OH is 1. The van der Waals surface area contributed by atoms with Crippen LogP contribution in [0.1, 0.15) is 64.1 Å². The van der Waals surface area contributed by atoms with E-state index in [4.69, 9.17) is 0 Å². The molecule has 2 aromatic rings. The van der Waals surface area contributed by atoms with Crippen LogP contribution in [-0.4, -0.2) is 32.9 Å². The van der Waals surface area contributed by atoms with Crippen LogP contribution in [0.3, 0.4) is 0 Å². The molecule has 1 amide bonds. The van der Waals surface area contributed by atoms with E-state index in [1.54, 1.807) is 13.8 Å². The van der Waals surface area contributed by atoms with Crippen molar-refractivity contribution in [3.8, 4) is 0 Å². The summed E-state index contributed by atoms with van der Waals surface area (Å²) in [5.41, 5.74) is -1.19. The van der Waals surface area contributed by atoms with Gasteiger partial charge in [-0.15, -0.1) is 0 Å². The topological polar surface area (TPSA) is 84.2 Å². The van der Waals surface area contributed by atoms with Gasteiger partial charge in [0.25, 0.3) is 5.56 Å². The van der Waals surface area contributed by atoms with Crippen LogP contribution in [-0.2, 0) is 17.5 Å². The average Bonchev–Trinajstić information content (AvgIpc) is 2.67. The standard InChI is InChI=1S/C21H28F3N3O3/c1-5-7-17(28)16(6-2)25-18(29)11-27-20(30)14-9-8-13(21(22,23)24)10-15(14)19(26-27)12(3)4/h8-10,12,16-17,28H,5-7,11H2,1-4H3,(H,25,29). The normalized spacial score (nSPS) is 14.2. The molecule has 2 atom stereocenters. The van der Waals surface area contributed by atoms with Crippen LogP contribution in [0.15, 0.2) is 23.0 Å². The van der Waals surface area contributed by atoms with Gasteiger partial charge in [-0.05, 0) is 37.0 Å². The number of alkyl halides is 3. The summed E-state index contributed by atoms with van der Waals surface area (Å²) in [5.74, 6) is -0.756. The fourth-order valence-corrected chi connectivity index (χ4v) is 3.38. The molecule has 1 heterocycles. The summed E-state index contributed by atoms with van der Waals surface area (Å²) >= 11 is 0. The van der Waals surface area contributed by atoms with Gasteiger partial charge in [0.05, 0.1) is 28.8 Å². The third-order valence-corrected chi connectivity index (χ3v) is 4.99. The summed E-state index contributed by atoms with van der Waals surface area (Å²) in [5, 5.41) is 17.3. The highest BCUT2D eigenvalue weighted by atomic mass is 19.4. The zero-order valence-corrected chi connectivity index (χ0v) is 17.6. The van der Waals surface area contributed by atoms with Crippen molar-refractivity contribution in [2.45, 2.75) is 77.7 Å². The molecule has 0 saturated carbocycles. The molecule has 1 aromatic carbocycles. The van der Waals surface area contributed by atoms with Gasteiger partial charge in [-0.2, -0.15) is 18.3 Å². The van der Waals surface area contributed by atoms with Crippen molar-refractivity contribution in [3.05, 3.63) is 39.8 Å². The van der Waals surface area contributed by atoms with Crippen LogP contribution in [0.2, 0.25) is 0 Å². The number of carbonyl (C=O) groups is 1. The number of nitrogens with one attached hydrogen (secondary N) is 1. The van der Waals surface area contributed by atoms with Crippen molar-refractivity contribution < 1.29 is 23.1 Å². The van der Waals surface area contributed by atoms with Gasteiger partial charge < -0.3 is 10.4 Å². The molecule has 30 heavy (non-hydrogen) atoms. The highest BCUT2D eigenvalue weighted by Crippen LogP contribution is 2.32. The molecular formula is C21H28F3N3O3. The van der Waals surface area contributed by atoms with E-state index in [-0.39, 0.29) is 23.2 Å². The monoisotopic (exact) mass is 427 g/mol. The van der Waals surface area contributed by atoms with E-state index >= 15 is 0 Å². The molecule has 0 aliphatic heterocycles. The Morgan fingerprint density at radius 1 is 1.23 bits per heavy atom. The van der Waals surface area contributed by atoms with Gasteiger partial charge in [-0.1, -0.05) is 34.1 Å². The number of rotatable bonds is 8. The van der Waals surface area contributed by atoms with E-state index in [0.717, 1.165) is 29.3 Å². The Morgan fingerprint density at radius 3 is 2.43 bits per heavy atom. The third kappa shape index (κ3) is 5.38. The Hall–Kier alpha value is -2.42. The number of aromatic nitrogens is 2. The van der Waals surface area contributed by atoms with Gasteiger partial charge in [0, 0.05) is 5.39 Å². The lowest BCUT2D eigenvalue weighted by molar-refractivity contribution is -0.137. The van der Waals surface area contributed by atoms with Crippen molar-refractivity contribution in [1.29, 1.82) is 0 Å². The quantitative estimate of drug-likeness (QED) is 0.674. The minimum absolute atomic E-state index is 0.0764. The molecule has 0 fully saturated rings. The molecule has 6 nitrogen and oxygen atoms in total. The highest BCUT2D eigenvalue weighted by Gasteiger charge is 2.31. The van der Waals surface area contributed by atoms with E-state index in [1.165, 1.54) is 0 Å². The van der Waals surface area contributed by atoms with E-state index in [1.807, 2.05) is 13.8 Å². The van der Waals surface area contributed by atoms with Gasteiger partial charge in [0.15, 0.2) is 0 Å². The number of amides is 1. The lowest BCUT2D eigenvalue weighted by atomic mass is 10.0. The molecule has 2 rings (SSSR count). The van der Waals surface area contributed by atoms with Crippen LogP contribution in [0, 0.1) is 0 Å². The van der Waals surface area contributed by atoms with Gasteiger partial charge in [-0.25, -0.2) is 4.68 Å². The molecule has 9 heteroatoms. The second-order valence-electron chi connectivity index (χ2n) is 7.70. The van der Waals surface area contributed by atoms with Crippen LogP contribution in [0.25, 0.3) is 10.8 Å². The predicted octanol–water partition coefficient (Wildman–Crippen LogP) is 3.59. The van der Waals surface area contributed by atoms with E-state index in [9.17, 15) is 27.9 Å². The zero-order valence-electron chi connectivity index (χ0n) is 17.6. The molecule has 0 spiro atoms. The summed E-state index contributed by atoms with van der Waals surface area (Å²) in [6.07, 6.45) is -3.42. The molecular weight excluding hydrogens is 399 g/mol. The van der Waals surface area contributed by atoms with E-state index in [0.29, 0.717) is 18.5 Å². The smallest absolute Gasteiger partial charge is 0.391 e. The first-order valence-electron chi connectivity index (χ1n) is 10.1. The Bertz CT molecular complexity index is 954. The number of halogens is 3. The lowest BCUT2D eigenvalue weighted by Crippen LogP contribution is -2.45. The number of nitrogens with zero attached hydrogens (tertiary/aromatic N) is 2. The SMILES string of the molecule is CCCC(O)C(CC)NC(=O)Cn1nc(C(C)C)c2cc(C(F)(F)F)ccc2c1=O. The molecule has 2 N–H and O–H groups in total. The minimum Gasteiger partial charge on any atom is -0.391 e. The molecule has 0 radical (unpaired) electrons. The second kappa shape index (κ2) is 9.59. The first-order valence-corrected chi connectivity index (χ1v) is 10.1. The minimum atomic E-state index is -4.54. The Balaban J connectivity index is 2.42. The summed E-state index contributed by atoms with van der Waals surface area (Å²) in [4.78, 5) is 25.3. The molecule has 0 bridgehead atoms. The van der Waals surface area contributed by atoms with Crippen molar-refractivity contribution in [2.75, 3.05) is 0 Å². The predicted molar refractivity (Wildman–Crippen MR) is 108 cm³/mol. The van der Waals surface area contributed by atoms with Gasteiger partial charge >= 0.3 is 6.18 Å². The average molecular weight is 427 g/mol. The number of aliphatic hydroxyl groups is 1. The first kappa shape index (κ1) is 23.9. The molecule has 0 aliphatic rings. The van der Waals surface area contributed by atoms with Crippen molar-refractivity contribution in [2.24, 2.45) is 0 Å². The van der Waals surface area contributed by atoms with E-state index < -0.39 is 35.4 Å². The Morgan fingerprint density at radius 2 is 1.90 bits per heavy atom. The number of hydrogen-bond donors (Lipinski definition) is 2. The van der Waals surface area contributed by atoms with Crippen LogP contribution >= 0.6 is 0 Å². The lowest BCUT2D eigenvalue weighted by Gasteiger charge is -2.23. The third-order valence-electron chi connectivity index (χ3n) is 4.99. The summed E-state index contributed by atoms with van der Waals surface area (Å²) < 4.78 is 40.3. The van der Waals surface area contributed by atoms with Crippen LogP contribution < -0.4 is 10.9 Å². The number of benzene rings is 1. The molecule has 2 unspecified atom stereocenters. The fraction of sp³-hybridized carbons (Fsp3) is 0.571. The van der Waals surface area contributed by atoms with Crippen molar-refractivity contribution in [1.82, 2.24) is 15.1 Å². The van der Waals surface area contributed by atoms with Gasteiger partial charge in [0.2, 0.25) is 5.91 Å². The molecule has 0 aliphatic carbocycles. The van der Waals surface area contributed by atoms with Gasteiger partial charge in [0.1, 0.15) is 6.54 Å². The molecule has 0 saturated heterocycles. The molecule has 1 aromatic heterocycles. The summed E-state index contributed by atoms with van der Waals surface area (Å²) in [7, 11) is 0. The van der Waals surface area contributed by atoms with E-state index in [2.05, 4.69) is 10.4 Å². The number of fused-ring (bicyclic) bond motifs is 1. The first-order chi connectivity index (χ1) is 14.0. The highest BCUT2D eigenvalue weighted by molar-refractivity contribution is 5.85. The van der Waals surface area contributed by atoms with Crippen LogP contribution in [0.4, 0.5) is 13.2 Å². The summed E-state index contributed by atoms with van der Waals surface area (Å²) in [6.45, 7) is 6.88. The Kier molecular flexibility index (Phi) is 7.63. The maximum absolute atomic E-state index is 13.1. The Labute approximate surface area is 173 Å². The van der Waals surface area contributed by atoms with Crippen molar-refractivity contribution >= 4 is 16.7 Å². The number of carbonyl (C=O) groups excluding carboxylic acids is 1. The maximum atomic E-state index is 13.1. The van der Waals surface area contributed by atoms with Crippen LogP contribution in [0.5, 0.6) is 0 Å². The summed E-state index contributed by atoms with van der Waals surface area (Å²) in [6, 6.07) is 2.46. The fourth-order valence-electron chi connectivity index (χ4n) is 3.38. The van der Waals surface area contributed by atoms with Crippen molar-refractivity contribution in [3.63, 3.8) is 0 Å². The maximum Gasteiger partial charge on any atom is 0.416 e. The number of hydrogen-bond acceptors (Lipinski definition) is 4. The molecule has 166 valence electrons. The zero-order chi connectivity index (χ0) is 22.6. The van der Waals surface area contributed by atoms with Gasteiger partial charge in [-0.3, -0.25) is 9.59 Å².